The van der Waals surface area contributed by atoms with Gasteiger partial charge in [0.15, 0.2) is 0 Å². The van der Waals surface area contributed by atoms with Gasteiger partial charge in [-0.05, 0) is 51.7 Å². The van der Waals surface area contributed by atoms with E-state index < -0.39 is 0 Å². The van der Waals surface area contributed by atoms with Crippen LogP contribution in [0, 0.1) is 24.2 Å². The van der Waals surface area contributed by atoms with E-state index in [1.165, 1.54) is 11.8 Å². The molecule has 1 aromatic heterocycles. The fraction of sp³-hybridized carbons (Fsp3) is 0.542. The van der Waals surface area contributed by atoms with Crippen LogP contribution in [0.2, 0.25) is 0 Å². The van der Waals surface area contributed by atoms with Gasteiger partial charge in [0.1, 0.15) is 21.8 Å². The molecule has 2 saturated heterocycles. The third-order valence-electron chi connectivity index (χ3n) is 6.10. The molecule has 0 aromatic carbocycles. The maximum Gasteiger partial charge on any atom is 0.310 e. The molecule has 0 radical (unpaired) electrons. The molecule has 8 nitrogen and oxygen atoms in total. The summed E-state index contributed by atoms with van der Waals surface area (Å²) in [4.78, 5) is 42.7. The molecule has 0 spiro atoms. The largest absolute Gasteiger partial charge is 0.466 e. The Morgan fingerprint density at radius 1 is 1.32 bits per heavy atom. The van der Waals surface area contributed by atoms with Crippen LogP contribution >= 0.6 is 24.0 Å². The van der Waals surface area contributed by atoms with E-state index >= 15 is 0 Å². The molecule has 3 rings (SSSR count). The highest BCUT2D eigenvalue weighted by Crippen LogP contribution is 2.37. The number of hydrogen-bond acceptors (Lipinski definition) is 8. The standard InChI is InChI=1S/C24H30N4O4S2/c1-5-10-28-22(30)19(34-24(28)33)12-17-15(4)18(13-25)21(29)27(6-2)20(17)26-11-8-9-16(14-26)23(31)32-7-3/h12,16H,5-11,14H2,1-4H3/b19-12-. The lowest BCUT2D eigenvalue weighted by atomic mass is 9.96. The summed E-state index contributed by atoms with van der Waals surface area (Å²) in [6.07, 6.45) is 4.01. The van der Waals surface area contributed by atoms with Gasteiger partial charge in [-0.2, -0.15) is 5.26 Å². The predicted octanol–water partition coefficient (Wildman–Crippen LogP) is 3.44. The van der Waals surface area contributed by atoms with E-state index in [9.17, 15) is 19.6 Å². The molecule has 0 saturated carbocycles. The van der Waals surface area contributed by atoms with Crippen LogP contribution in [0.4, 0.5) is 5.82 Å². The molecule has 34 heavy (non-hydrogen) atoms. The number of thiocarbonyl (C=S) groups is 1. The van der Waals surface area contributed by atoms with Crippen LogP contribution in [0.5, 0.6) is 0 Å². The van der Waals surface area contributed by atoms with Gasteiger partial charge in [0.25, 0.3) is 11.5 Å². The van der Waals surface area contributed by atoms with Gasteiger partial charge >= 0.3 is 5.97 Å². The zero-order valence-electron chi connectivity index (χ0n) is 20.0. The highest BCUT2D eigenvalue weighted by molar-refractivity contribution is 8.26. The van der Waals surface area contributed by atoms with Gasteiger partial charge in [-0.25, -0.2) is 0 Å². The van der Waals surface area contributed by atoms with Crippen molar-refractivity contribution in [1.29, 1.82) is 5.26 Å². The molecule has 1 unspecified atom stereocenters. The van der Waals surface area contributed by atoms with E-state index in [0.717, 1.165) is 12.8 Å². The van der Waals surface area contributed by atoms with Gasteiger partial charge < -0.3 is 9.64 Å². The van der Waals surface area contributed by atoms with Crippen LogP contribution in [0.25, 0.3) is 6.08 Å². The molecule has 1 aromatic rings. The average molecular weight is 503 g/mol. The minimum Gasteiger partial charge on any atom is -0.466 e. The van der Waals surface area contributed by atoms with Crippen molar-refractivity contribution >= 4 is 52.1 Å². The summed E-state index contributed by atoms with van der Waals surface area (Å²) in [5.74, 6) is -0.0950. The van der Waals surface area contributed by atoms with Gasteiger partial charge in [0, 0.05) is 31.7 Å². The maximum absolute atomic E-state index is 13.2. The van der Waals surface area contributed by atoms with E-state index in [0.29, 0.717) is 65.4 Å². The van der Waals surface area contributed by atoms with Crippen LogP contribution < -0.4 is 10.5 Å². The molecular formula is C24H30N4O4S2. The van der Waals surface area contributed by atoms with Crippen LogP contribution in [0.15, 0.2) is 9.70 Å². The summed E-state index contributed by atoms with van der Waals surface area (Å²) >= 11 is 6.64. The minimum absolute atomic E-state index is 0.0554. The smallest absolute Gasteiger partial charge is 0.310 e. The second-order valence-electron chi connectivity index (χ2n) is 8.27. The summed E-state index contributed by atoms with van der Waals surface area (Å²) in [5.41, 5.74) is 0.844. The Labute approximate surface area is 209 Å². The molecule has 10 heteroatoms. The topological polar surface area (TPSA) is 95.6 Å². The van der Waals surface area contributed by atoms with Crippen LogP contribution in [-0.2, 0) is 20.9 Å². The van der Waals surface area contributed by atoms with E-state index in [4.69, 9.17) is 17.0 Å². The van der Waals surface area contributed by atoms with Crippen molar-refractivity contribution in [1.82, 2.24) is 9.47 Å². The number of thioether (sulfide) groups is 1. The van der Waals surface area contributed by atoms with Crippen molar-refractivity contribution < 1.29 is 14.3 Å². The zero-order chi connectivity index (χ0) is 25.0. The third kappa shape index (κ3) is 4.91. The van der Waals surface area contributed by atoms with Crippen molar-refractivity contribution in [2.75, 3.05) is 31.1 Å². The van der Waals surface area contributed by atoms with Gasteiger partial charge in [-0.3, -0.25) is 23.9 Å². The van der Waals surface area contributed by atoms with Crippen LogP contribution in [0.1, 0.15) is 56.7 Å². The third-order valence-corrected chi connectivity index (χ3v) is 7.48. The number of carbonyl (C=O) groups excluding carboxylic acids is 2. The summed E-state index contributed by atoms with van der Waals surface area (Å²) in [6.45, 7) is 9.60. The Kier molecular flexibility index (Phi) is 8.55. The van der Waals surface area contributed by atoms with Crippen LogP contribution in [-0.4, -0.2) is 51.9 Å². The first-order chi connectivity index (χ1) is 16.3. The quantitative estimate of drug-likeness (QED) is 0.318. The molecule has 2 aliphatic rings. The van der Waals surface area contributed by atoms with E-state index in [-0.39, 0.29) is 28.9 Å². The summed E-state index contributed by atoms with van der Waals surface area (Å²) in [6, 6.07) is 2.04. The average Bonchev–Trinajstić information content (AvgIpc) is 3.08. The lowest BCUT2D eigenvalue weighted by Gasteiger charge is -2.36. The molecule has 1 atom stereocenters. The number of aromatic nitrogens is 1. The molecule has 182 valence electrons. The number of amides is 1. The maximum atomic E-state index is 13.2. The normalized spacial score (nSPS) is 19.6. The second-order valence-corrected chi connectivity index (χ2v) is 9.94. The molecule has 3 heterocycles. The highest BCUT2D eigenvalue weighted by Gasteiger charge is 2.34. The lowest BCUT2D eigenvalue weighted by Crippen LogP contribution is -2.43. The number of esters is 1. The minimum atomic E-state index is -0.369. The monoisotopic (exact) mass is 502 g/mol. The van der Waals surface area contributed by atoms with Gasteiger partial charge in [0.05, 0.1) is 17.4 Å². The SMILES string of the molecule is CCCN1C(=O)/C(=C/c2c(C)c(C#N)c(=O)n(CC)c2N2CCCC(C(=O)OCC)C2)SC1=S. The summed E-state index contributed by atoms with van der Waals surface area (Å²) in [5, 5.41) is 9.73. The van der Waals surface area contributed by atoms with Crippen LogP contribution in [0.3, 0.4) is 0 Å². The predicted molar refractivity (Wildman–Crippen MR) is 138 cm³/mol. The number of pyridine rings is 1. The number of nitriles is 1. The number of hydrogen-bond donors (Lipinski definition) is 0. The molecule has 2 aliphatic heterocycles. The fourth-order valence-electron chi connectivity index (χ4n) is 4.45. The Bertz CT molecular complexity index is 1140. The van der Waals surface area contributed by atoms with Gasteiger partial charge in [0.2, 0.25) is 0 Å². The molecule has 0 N–H and O–H groups in total. The Morgan fingerprint density at radius 3 is 2.68 bits per heavy atom. The van der Waals surface area contributed by atoms with Gasteiger partial charge in [-0.15, -0.1) is 0 Å². The number of ether oxygens (including phenoxy) is 1. The van der Waals surface area contributed by atoms with Crippen molar-refractivity contribution in [2.24, 2.45) is 5.92 Å². The second kappa shape index (κ2) is 11.2. The zero-order valence-corrected chi connectivity index (χ0v) is 21.7. The number of carbonyl (C=O) groups is 2. The molecule has 0 bridgehead atoms. The number of nitrogens with zero attached hydrogens (tertiary/aromatic N) is 4. The Balaban J connectivity index is 2.17. The first kappa shape index (κ1) is 26.0. The summed E-state index contributed by atoms with van der Waals surface area (Å²) in [7, 11) is 0. The van der Waals surface area contributed by atoms with Crippen molar-refractivity contribution in [3.63, 3.8) is 0 Å². The molecule has 2 fully saturated rings. The molecular weight excluding hydrogens is 472 g/mol. The highest BCUT2D eigenvalue weighted by atomic mass is 32.2. The molecule has 0 aliphatic carbocycles. The van der Waals surface area contributed by atoms with E-state index in [1.807, 2.05) is 24.8 Å². The fourth-order valence-corrected chi connectivity index (χ4v) is 5.74. The first-order valence-electron chi connectivity index (χ1n) is 11.6. The Morgan fingerprint density at radius 2 is 2.06 bits per heavy atom. The number of piperidine rings is 1. The number of anilines is 1. The summed E-state index contributed by atoms with van der Waals surface area (Å²) < 4.78 is 7.32. The van der Waals surface area contributed by atoms with Crippen molar-refractivity contribution in [2.45, 2.75) is 53.5 Å². The lowest BCUT2D eigenvalue weighted by molar-refractivity contribution is -0.148. The first-order valence-corrected chi connectivity index (χ1v) is 12.9. The Hall–Kier alpha value is -2.64. The van der Waals surface area contributed by atoms with E-state index in [1.54, 1.807) is 29.4 Å². The molecule has 1 amide bonds. The van der Waals surface area contributed by atoms with Gasteiger partial charge in [-0.1, -0.05) is 30.9 Å². The van der Waals surface area contributed by atoms with E-state index in [2.05, 4.69) is 0 Å². The van der Waals surface area contributed by atoms with Crippen molar-refractivity contribution in [3.05, 3.63) is 31.9 Å². The van der Waals surface area contributed by atoms with Crippen molar-refractivity contribution in [3.8, 4) is 6.07 Å². The number of rotatable bonds is 7.